The zero-order valence-corrected chi connectivity index (χ0v) is 13.0. The van der Waals surface area contributed by atoms with Crippen molar-refractivity contribution in [2.45, 2.75) is 33.2 Å². The average Bonchev–Trinajstić information content (AvgIpc) is 2.47. The van der Waals surface area contributed by atoms with Gasteiger partial charge in [0.1, 0.15) is 0 Å². The molecule has 2 heteroatoms. The van der Waals surface area contributed by atoms with Gasteiger partial charge in [-0.25, -0.2) is 0 Å². The maximum absolute atomic E-state index is 12.3. The van der Waals surface area contributed by atoms with Crippen LogP contribution in [0.15, 0.2) is 60.7 Å². The molecule has 0 spiro atoms. The van der Waals surface area contributed by atoms with E-state index in [1.54, 1.807) is 0 Å². The highest BCUT2D eigenvalue weighted by Crippen LogP contribution is 2.21. The Morgan fingerprint density at radius 3 is 2.00 bits per heavy atom. The molecule has 0 fully saturated rings. The second-order valence-electron chi connectivity index (χ2n) is 6.38. The summed E-state index contributed by atoms with van der Waals surface area (Å²) in [4.78, 5) is 12.3. The Bertz CT molecular complexity index is 570. The van der Waals surface area contributed by atoms with E-state index in [-0.39, 0.29) is 17.4 Å². The number of hydrogen-bond acceptors (Lipinski definition) is 1. The minimum absolute atomic E-state index is 0.000301. The zero-order valence-electron chi connectivity index (χ0n) is 13.0. The Balaban J connectivity index is 2.21. The predicted octanol–water partition coefficient (Wildman–Crippen LogP) is 4.13. The van der Waals surface area contributed by atoms with E-state index in [1.807, 2.05) is 57.2 Å². The predicted molar refractivity (Wildman–Crippen MR) is 86.9 cm³/mol. The van der Waals surface area contributed by atoms with Crippen molar-refractivity contribution in [2.24, 2.45) is 5.41 Å². The van der Waals surface area contributed by atoms with Crippen LogP contribution >= 0.6 is 0 Å². The van der Waals surface area contributed by atoms with E-state index in [2.05, 4.69) is 29.6 Å². The van der Waals surface area contributed by atoms with Crippen molar-refractivity contribution < 1.29 is 4.79 Å². The van der Waals surface area contributed by atoms with Crippen LogP contribution in [0, 0.1) is 5.41 Å². The van der Waals surface area contributed by atoms with Crippen molar-refractivity contribution in [1.29, 1.82) is 0 Å². The van der Waals surface area contributed by atoms with Gasteiger partial charge in [0.05, 0.1) is 6.04 Å². The van der Waals surface area contributed by atoms with Gasteiger partial charge in [0, 0.05) is 5.41 Å². The lowest BCUT2D eigenvalue weighted by Gasteiger charge is -2.25. The molecule has 0 aliphatic rings. The molecule has 0 bridgehead atoms. The number of carbonyl (C=O) groups excluding carboxylic acids is 1. The highest BCUT2D eigenvalue weighted by atomic mass is 16.2. The second kappa shape index (κ2) is 6.57. The smallest absolute Gasteiger partial charge is 0.225 e. The lowest BCUT2D eigenvalue weighted by molar-refractivity contribution is -0.129. The van der Waals surface area contributed by atoms with Gasteiger partial charge in [-0.1, -0.05) is 81.4 Å². The first-order valence-electron chi connectivity index (χ1n) is 7.36. The van der Waals surface area contributed by atoms with Gasteiger partial charge in [0.25, 0.3) is 0 Å². The van der Waals surface area contributed by atoms with E-state index < -0.39 is 0 Å². The average molecular weight is 281 g/mol. The number of rotatable bonds is 4. The number of benzene rings is 2. The monoisotopic (exact) mass is 281 g/mol. The van der Waals surface area contributed by atoms with Crippen LogP contribution in [0.4, 0.5) is 0 Å². The standard InChI is InChI=1S/C19H23NO/c1-19(2,3)18(21)20-17(16-12-8-5-9-13-16)14-15-10-6-4-7-11-15/h4-13,17H,14H2,1-3H3,(H,20,21)/t17-/m0/s1. The van der Waals surface area contributed by atoms with Gasteiger partial charge >= 0.3 is 0 Å². The highest BCUT2D eigenvalue weighted by molar-refractivity contribution is 5.81. The lowest BCUT2D eigenvalue weighted by Crippen LogP contribution is -2.38. The molecule has 2 aromatic rings. The third-order valence-electron chi connectivity index (χ3n) is 3.47. The molecule has 1 atom stereocenters. The molecule has 0 saturated heterocycles. The molecule has 21 heavy (non-hydrogen) atoms. The molecule has 2 nitrogen and oxygen atoms in total. The first-order chi connectivity index (χ1) is 9.97. The van der Waals surface area contributed by atoms with Gasteiger partial charge in [-0.3, -0.25) is 4.79 Å². The van der Waals surface area contributed by atoms with Crippen molar-refractivity contribution in [1.82, 2.24) is 5.32 Å². The van der Waals surface area contributed by atoms with Crippen LogP contribution in [0.2, 0.25) is 0 Å². The number of hydrogen-bond donors (Lipinski definition) is 1. The first kappa shape index (κ1) is 15.3. The van der Waals surface area contributed by atoms with E-state index >= 15 is 0 Å². The molecule has 0 aliphatic heterocycles. The van der Waals surface area contributed by atoms with Crippen LogP contribution in [0.5, 0.6) is 0 Å². The Kier molecular flexibility index (Phi) is 4.79. The molecule has 0 saturated carbocycles. The van der Waals surface area contributed by atoms with Crippen molar-refractivity contribution >= 4 is 5.91 Å². The molecule has 1 amide bonds. The van der Waals surface area contributed by atoms with Crippen molar-refractivity contribution in [3.8, 4) is 0 Å². The molecule has 0 aromatic heterocycles. The van der Waals surface area contributed by atoms with Gasteiger partial charge < -0.3 is 5.32 Å². The van der Waals surface area contributed by atoms with Crippen molar-refractivity contribution in [3.05, 3.63) is 71.8 Å². The van der Waals surface area contributed by atoms with E-state index in [4.69, 9.17) is 0 Å². The molecule has 1 N–H and O–H groups in total. The first-order valence-corrected chi connectivity index (χ1v) is 7.36. The fraction of sp³-hybridized carbons (Fsp3) is 0.316. The zero-order chi connectivity index (χ0) is 15.3. The topological polar surface area (TPSA) is 29.1 Å². The minimum atomic E-state index is -0.385. The van der Waals surface area contributed by atoms with E-state index in [1.165, 1.54) is 5.56 Å². The maximum atomic E-state index is 12.3. The van der Waals surface area contributed by atoms with E-state index in [0.717, 1.165) is 12.0 Å². The van der Waals surface area contributed by atoms with E-state index in [9.17, 15) is 4.79 Å². The van der Waals surface area contributed by atoms with Crippen LogP contribution in [-0.4, -0.2) is 5.91 Å². The fourth-order valence-corrected chi connectivity index (χ4v) is 2.16. The molecular weight excluding hydrogens is 258 g/mol. The van der Waals surface area contributed by atoms with Crippen LogP contribution in [-0.2, 0) is 11.2 Å². The Morgan fingerprint density at radius 2 is 1.48 bits per heavy atom. The lowest BCUT2D eigenvalue weighted by atomic mass is 9.93. The molecule has 2 rings (SSSR count). The summed E-state index contributed by atoms with van der Waals surface area (Å²) in [5.74, 6) is 0.0762. The summed E-state index contributed by atoms with van der Waals surface area (Å²) in [5, 5.41) is 3.18. The van der Waals surface area contributed by atoms with E-state index in [0.29, 0.717) is 0 Å². The molecule has 0 aliphatic carbocycles. The van der Waals surface area contributed by atoms with Crippen LogP contribution in [0.1, 0.15) is 37.9 Å². The Hall–Kier alpha value is -2.09. The number of carbonyl (C=O) groups is 1. The quantitative estimate of drug-likeness (QED) is 0.897. The Labute approximate surface area is 127 Å². The van der Waals surface area contributed by atoms with Gasteiger partial charge in [0.2, 0.25) is 5.91 Å². The summed E-state index contributed by atoms with van der Waals surface area (Å²) < 4.78 is 0. The fourth-order valence-electron chi connectivity index (χ4n) is 2.16. The van der Waals surface area contributed by atoms with Gasteiger partial charge in [-0.2, -0.15) is 0 Å². The summed E-state index contributed by atoms with van der Waals surface area (Å²) in [6, 6.07) is 20.4. The molecule has 0 heterocycles. The van der Waals surface area contributed by atoms with Crippen LogP contribution in [0.3, 0.4) is 0 Å². The van der Waals surface area contributed by atoms with Gasteiger partial charge in [-0.05, 0) is 17.5 Å². The minimum Gasteiger partial charge on any atom is -0.349 e. The largest absolute Gasteiger partial charge is 0.349 e. The van der Waals surface area contributed by atoms with Crippen molar-refractivity contribution in [3.63, 3.8) is 0 Å². The molecule has 0 radical (unpaired) electrons. The maximum Gasteiger partial charge on any atom is 0.225 e. The summed E-state index contributed by atoms with van der Waals surface area (Å²) >= 11 is 0. The van der Waals surface area contributed by atoms with Crippen LogP contribution in [0.25, 0.3) is 0 Å². The van der Waals surface area contributed by atoms with Crippen molar-refractivity contribution in [2.75, 3.05) is 0 Å². The van der Waals surface area contributed by atoms with Gasteiger partial charge in [-0.15, -0.1) is 0 Å². The number of nitrogens with one attached hydrogen (secondary N) is 1. The van der Waals surface area contributed by atoms with Crippen LogP contribution < -0.4 is 5.32 Å². The summed E-state index contributed by atoms with van der Waals surface area (Å²) in [6.45, 7) is 5.81. The Morgan fingerprint density at radius 1 is 0.952 bits per heavy atom. The third kappa shape index (κ3) is 4.45. The summed E-state index contributed by atoms with van der Waals surface area (Å²) in [6.07, 6.45) is 0.798. The molecular formula is C19H23NO. The normalized spacial score (nSPS) is 12.7. The summed E-state index contributed by atoms with van der Waals surface area (Å²) in [7, 11) is 0. The number of amides is 1. The third-order valence-corrected chi connectivity index (χ3v) is 3.47. The molecule has 0 unspecified atom stereocenters. The SMILES string of the molecule is CC(C)(C)C(=O)N[C@@H](Cc1ccccc1)c1ccccc1. The molecule has 2 aromatic carbocycles. The second-order valence-corrected chi connectivity index (χ2v) is 6.38. The highest BCUT2D eigenvalue weighted by Gasteiger charge is 2.24. The summed E-state index contributed by atoms with van der Waals surface area (Å²) in [5.41, 5.74) is 1.98. The molecule has 110 valence electrons. The van der Waals surface area contributed by atoms with Gasteiger partial charge in [0.15, 0.2) is 0 Å².